The summed E-state index contributed by atoms with van der Waals surface area (Å²) < 4.78 is 0. The van der Waals surface area contributed by atoms with Crippen LogP contribution in [-0.4, -0.2) is 68.1 Å². The first-order chi connectivity index (χ1) is 7.31. The summed E-state index contributed by atoms with van der Waals surface area (Å²) >= 11 is 0. The normalized spacial score (nSPS) is 18.6. The molecule has 0 aromatic carbocycles. The van der Waals surface area contributed by atoms with Gasteiger partial charge in [-0.2, -0.15) is 0 Å². The second kappa shape index (κ2) is 6.66. The Morgan fingerprint density at radius 2 is 1.56 bits per heavy atom. The summed E-state index contributed by atoms with van der Waals surface area (Å²) in [5.74, 6) is -2.63. The lowest BCUT2D eigenvalue weighted by molar-refractivity contribution is -0.150. The molecular weight excluding hydrogens is 220 g/mol. The average Bonchev–Trinajstić information content (AvgIpc) is 2.25. The highest BCUT2D eigenvalue weighted by atomic mass is 16.3. The van der Waals surface area contributed by atoms with Crippen LogP contribution in [-0.2, 0) is 9.59 Å². The molecule has 4 atom stereocenters. The maximum absolute atomic E-state index is 11.2. The highest BCUT2D eigenvalue weighted by molar-refractivity contribution is 6.40. The number of Topliss-reactive ketones (excluding diaryl/α,β-unsaturated/α-hetero) is 2. The van der Waals surface area contributed by atoms with E-state index in [-0.39, 0.29) is 0 Å². The number of carbonyl (C=O) groups excluding carboxylic acids is 2. The fourth-order valence-corrected chi connectivity index (χ4v) is 0.968. The molecule has 16 heavy (non-hydrogen) atoms. The Morgan fingerprint density at radius 1 is 1.06 bits per heavy atom. The number of ketones is 2. The average molecular weight is 236 g/mol. The molecule has 0 fully saturated rings. The molecular formula is C9H16O7. The molecule has 0 aromatic rings. The summed E-state index contributed by atoms with van der Waals surface area (Å²) in [5.41, 5.74) is 0. The first-order valence-electron chi connectivity index (χ1n) is 4.72. The van der Waals surface area contributed by atoms with E-state index in [0.29, 0.717) is 0 Å². The number of hydrogen-bond acceptors (Lipinski definition) is 7. The zero-order valence-electron chi connectivity index (χ0n) is 8.78. The van der Waals surface area contributed by atoms with Gasteiger partial charge in [-0.25, -0.2) is 0 Å². The number of aliphatic hydroxyl groups is 5. The minimum atomic E-state index is -1.89. The molecule has 0 aliphatic rings. The van der Waals surface area contributed by atoms with Gasteiger partial charge >= 0.3 is 0 Å². The lowest BCUT2D eigenvalue weighted by Crippen LogP contribution is -2.42. The van der Waals surface area contributed by atoms with E-state index in [1.54, 1.807) is 0 Å². The Balaban J connectivity index is 4.38. The Morgan fingerprint density at radius 3 is 1.94 bits per heavy atom. The van der Waals surface area contributed by atoms with Crippen molar-refractivity contribution < 1.29 is 35.1 Å². The molecule has 0 aromatic heterocycles. The lowest BCUT2D eigenvalue weighted by atomic mass is 10.00. The molecule has 0 spiro atoms. The largest absolute Gasteiger partial charge is 0.394 e. The van der Waals surface area contributed by atoms with Gasteiger partial charge in [0.05, 0.1) is 18.8 Å². The first kappa shape index (κ1) is 15.1. The van der Waals surface area contributed by atoms with E-state index in [4.69, 9.17) is 20.4 Å². The van der Waals surface area contributed by atoms with Crippen molar-refractivity contribution in [3.8, 4) is 0 Å². The highest BCUT2D eigenvalue weighted by Gasteiger charge is 2.32. The number of aliphatic hydroxyl groups excluding tert-OH is 5. The third-order valence-corrected chi connectivity index (χ3v) is 1.98. The fourth-order valence-electron chi connectivity index (χ4n) is 0.968. The summed E-state index contributed by atoms with van der Waals surface area (Å²) in [6.07, 6.45) is -6.95. The van der Waals surface area contributed by atoms with Crippen molar-refractivity contribution in [2.75, 3.05) is 6.61 Å². The predicted molar refractivity (Wildman–Crippen MR) is 51.4 cm³/mol. The van der Waals surface area contributed by atoms with Gasteiger partial charge in [0.2, 0.25) is 11.6 Å². The molecule has 0 saturated heterocycles. The van der Waals surface area contributed by atoms with Crippen molar-refractivity contribution >= 4 is 11.6 Å². The zero-order chi connectivity index (χ0) is 12.9. The van der Waals surface area contributed by atoms with Crippen LogP contribution in [0.25, 0.3) is 0 Å². The van der Waals surface area contributed by atoms with E-state index in [2.05, 4.69) is 0 Å². The van der Waals surface area contributed by atoms with E-state index >= 15 is 0 Å². The van der Waals surface area contributed by atoms with Crippen molar-refractivity contribution in [1.82, 2.24) is 0 Å². The fraction of sp³-hybridized carbons (Fsp3) is 0.778. The van der Waals surface area contributed by atoms with Crippen LogP contribution in [0.1, 0.15) is 13.3 Å². The lowest BCUT2D eigenvalue weighted by Gasteiger charge is -2.15. The van der Waals surface area contributed by atoms with E-state index in [9.17, 15) is 14.7 Å². The van der Waals surface area contributed by atoms with E-state index < -0.39 is 49.0 Å². The Kier molecular flexibility index (Phi) is 6.31. The van der Waals surface area contributed by atoms with Crippen LogP contribution in [0.2, 0.25) is 0 Å². The maximum Gasteiger partial charge on any atom is 0.232 e. The van der Waals surface area contributed by atoms with Crippen molar-refractivity contribution in [2.45, 2.75) is 37.8 Å². The molecule has 7 heteroatoms. The highest BCUT2D eigenvalue weighted by Crippen LogP contribution is 2.03. The van der Waals surface area contributed by atoms with Gasteiger partial charge in [-0.1, -0.05) is 0 Å². The van der Waals surface area contributed by atoms with Gasteiger partial charge in [-0.05, 0) is 6.92 Å². The van der Waals surface area contributed by atoms with Crippen molar-refractivity contribution in [1.29, 1.82) is 0 Å². The van der Waals surface area contributed by atoms with Crippen LogP contribution in [0.4, 0.5) is 0 Å². The van der Waals surface area contributed by atoms with E-state index in [1.165, 1.54) is 0 Å². The molecule has 0 bridgehead atoms. The summed E-state index contributed by atoms with van der Waals surface area (Å²) in [4.78, 5) is 22.3. The minimum Gasteiger partial charge on any atom is -0.394 e. The molecule has 0 rings (SSSR count). The van der Waals surface area contributed by atoms with Gasteiger partial charge < -0.3 is 25.5 Å². The van der Waals surface area contributed by atoms with Gasteiger partial charge in [0, 0.05) is 6.42 Å². The molecule has 0 aliphatic carbocycles. The summed E-state index contributed by atoms with van der Waals surface area (Å²) in [7, 11) is 0. The second-order valence-corrected chi connectivity index (χ2v) is 3.50. The van der Waals surface area contributed by atoms with Gasteiger partial charge in [0.1, 0.15) is 12.2 Å². The third-order valence-electron chi connectivity index (χ3n) is 1.98. The van der Waals surface area contributed by atoms with Crippen LogP contribution in [0.5, 0.6) is 0 Å². The topological polar surface area (TPSA) is 135 Å². The monoisotopic (exact) mass is 236 g/mol. The van der Waals surface area contributed by atoms with Gasteiger partial charge in [0.15, 0.2) is 0 Å². The second-order valence-electron chi connectivity index (χ2n) is 3.50. The standard InChI is InChI=1S/C9H16O7/c1-4(11)7(14)9(16)8(15)6(13)2-5(12)3-10/h4-7,10-14H,2-3H2,1H3/t4-,5?,6?,7-/m1/s1. The van der Waals surface area contributed by atoms with Crippen LogP contribution in [0, 0.1) is 0 Å². The molecule has 2 unspecified atom stereocenters. The molecule has 0 saturated carbocycles. The van der Waals surface area contributed by atoms with E-state index in [1.807, 2.05) is 0 Å². The van der Waals surface area contributed by atoms with Crippen molar-refractivity contribution in [3.63, 3.8) is 0 Å². The van der Waals surface area contributed by atoms with Gasteiger partial charge in [-0.3, -0.25) is 9.59 Å². The summed E-state index contributed by atoms with van der Waals surface area (Å²) in [6.45, 7) is 0.461. The zero-order valence-corrected chi connectivity index (χ0v) is 8.78. The molecule has 5 N–H and O–H groups in total. The molecule has 0 aliphatic heterocycles. The maximum atomic E-state index is 11.2. The number of rotatable bonds is 7. The van der Waals surface area contributed by atoms with Crippen LogP contribution >= 0.6 is 0 Å². The molecule has 7 nitrogen and oxygen atoms in total. The molecule has 0 heterocycles. The molecule has 0 amide bonds. The Hall–Kier alpha value is -0.860. The quantitative estimate of drug-likeness (QED) is 0.297. The van der Waals surface area contributed by atoms with Crippen molar-refractivity contribution in [3.05, 3.63) is 0 Å². The first-order valence-corrected chi connectivity index (χ1v) is 4.72. The molecule has 0 radical (unpaired) electrons. The number of hydrogen-bond donors (Lipinski definition) is 5. The summed E-state index contributed by atoms with van der Waals surface area (Å²) in [6, 6.07) is 0. The Labute approximate surface area is 92.0 Å². The van der Waals surface area contributed by atoms with Crippen LogP contribution < -0.4 is 0 Å². The van der Waals surface area contributed by atoms with Crippen LogP contribution in [0.3, 0.4) is 0 Å². The Bertz CT molecular complexity index is 250. The van der Waals surface area contributed by atoms with Crippen molar-refractivity contribution in [2.24, 2.45) is 0 Å². The molecule has 94 valence electrons. The van der Waals surface area contributed by atoms with Gasteiger partial charge in [-0.15, -0.1) is 0 Å². The minimum absolute atomic E-state index is 0.506. The number of carbonyl (C=O) groups is 2. The van der Waals surface area contributed by atoms with E-state index in [0.717, 1.165) is 6.92 Å². The smallest absolute Gasteiger partial charge is 0.232 e. The summed E-state index contributed by atoms with van der Waals surface area (Å²) in [5, 5.41) is 44.5. The van der Waals surface area contributed by atoms with Crippen LogP contribution in [0.15, 0.2) is 0 Å². The van der Waals surface area contributed by atoms with Gasteiger partial charge in [0.25, 0.3) is 0 Å². The predicted octanol–water partition coefficient (Wildman–Crippen LogP) is -3.03. The SMILES string of the molecule is C[C@@H](O)[C@@H](O)C(=O)C(=O)C(O)CC(O)CO. The third kappa shape index (κ3) is 4.33.